The zero-order valence-corrected chi connectivity index (χ0v) is 8.04. The van der Waals surface area contributed by atoms with Crippen LogP contribution in [0, 0.1) is 0 Å². The maximum absolute atomic E-state index is 5.87. The zero-order chi connectivity index (χ0) is 7.23. The minimum absolute atomic E-state index is 0. The molecule has 2 heteroatoms. The molecule has 0 radical (unpaired) electrons. The topological polar surface area (TPSA) is 26.0 Å². The lowest BCUT2D eigenvalue weighted by molar-refractivity contribution is 0.534. The van der Waals surface area contributed by atoms with Crippen molar-refractivity contribution in [2.75, 3.05) is 0 Å². The molecule has 0 saturated heterocycles. The van der Waals surface area contributed by atoms with Crippen molar-refractivity contribution in [2.24, 2.45) is 5.73 Å². The summed E-state index contributed by atoms with van der Waals surface area (Å²) in [5.74, 6) is 0. The Morgan fingerprint density at radius 1 is 0.692 bits per heavy atom. The van der Waals surface area contributed by atoms with E-state index in [9.17, 15) is 0 Å². The number of rotatable bonds is 0. The molecule has 0 bridgehead atoms. The van der Waals surface area contributed by atoms with Gasteiger partial charge in [-0.25, -0.2) is 0 Å². The Hall–Kier alpha value is 0.250. The Kier molecular flexibility index (Phi) is 17.8. The van der Waals surface area contributed by atoms with Gasteiger partial charge in [0.1, 0.15) is 0 Å². The first-order chi connectivity index (χ1) is 4.89. The van der Waals surface area contributed by atoms with E-state index in [-0.39, 0.29) is 27.3 Å². The number of halogens is 1. The largest absolute Gasteiger partial charge is 0.328 e. The third kappa shape index (κ3) is 10.2. The summed E-state index contributed by atoms with van der Waals surface area (Å²) in [5, 5.41) is 0. The van der Waals surface area contributed by atoms with Crippen molar-refractivity contribution in [3.05, 3.63) is 0 Å². The monoisotopic (exact) mass is 209 g/mol. The summed E-state index contributed by atoms with van der Waals surface area (Å²) in [4.78, 5) is 0. The first-order valence-corrected chi connectivity index (χ1v) is 4.65. The summed E-state index contributed by atoms with van der Waals surface area (Å²) in [6.07, 6.45) is 10.9. The molecule has 0 heterocycles. The van der Waals surface area contributed by atoms with Crippen LogP contribution in [-0.4, -0.2) is 6.04 Å². The molecule has 1 saturated carbocycles. The fourth-order valence-electron chi connectivity index (χ4n) is 1.66. The Morgan fingerprint density at radius 2 is 1.00 bits per heavy atom. The molecule has 0 spiro atoms. The van der Waals surface area contributed by atoms with E-state index in [1.54, 1.807) is 0 Å². The highest BCUT2D eigenvalue weighted by molar-refractivity contribution is 5.85. The van der Waals surface area contributed by atoms with Gasteiger partial charge in [0.05, 0.1) is 0 Å². The van der Waals surface area contributed by atoms with Crippen LogP contribution in [0.15, 0.2) is 0 Å². The maximum Gasteiger partial charge on any atom is 0.00388 e. The molecule has 1 fully saturated rings. The Labute approximate surface area is 90.9 Å². The predicted octanol–water partition coefficient (Wildman–Crippen LogP) is 4.14. The van der Waals surface area contributed by atoms with Gasteiger partial charge in [-0.1, -0.05) is 53.4 Å². The van der Waals surface area contributed by atoms with Crippen molar-refractivity contribution >= 4 is 12.4 Å². The average molecular weight is 210 g/mol. The summed E-state index contributed by atoms with van der Waals surface area (Å²) in [7, 11) is 0. The van der Waals surface area contributed by atoms with Crippen molar-refractivity contribution in [3.8, 4) is 0 Å². The lowest BCUT2D eigenvalue weighted by atomic mass is 10.1. The molecule has 0 aromatic carbocycles. The molecule has 0 aliphatic heterocycles. The molecule has 1 rings (SSSR count). The van der Waals surface area contributed by atoms with Crippen LogP contribution >= 0.6 is 12.4 Å². The highest BCUT2D eigenvalue weighted by Gasteiger charge is 2.04. The quantitative estimate of drug-likeness (QED) is 0.638. The molecule has 1 aliphatic rings. The Morgan fingerprint density at radius 3 is 1.38 bits per heavy atom. The van der Waals surface area contributed by atoms with Gasteiger partial charge in [0.15, 0.2) is 0 Å². The minimum Gasteiger partial charge on any atom is -0.328 e. The van der Waals surface area contributed by atoms with E-state index in [0.29, 0.717) is 6.04 Å². The van der Waals surface area contributed by atoms with Crippen LogP contribution in [0.5, 0.6) is 0 Å². The molecule has 0 atom stereocenters. The van der Waals surface area contributed by atoms with Gasteiger partial charge in [0.25, 0.3) is 0 Å². The molecular formula is C11H28ClN. The van der Waals surface area contributed by atoms with Gasteiger partial charge in [0, 0.05) is 6.04 Å². The van der Waals surface area contributed by atoms with Gasteiger partial charge in [-0.15, -0.1) is 12.4 Å². The van der Waals surface area contributed by atoms with E-state index in [1.165, 1.54) is 51.4 Å². The lowest BCUT2D eigenvalue weighted by Crippen LogP contribution is -2.18. The maximum atomic E-state index is 5.87. The second-order valence-electron chi connectivity index (χ2n) is 3.46. The fraction of sp³-hybridized carbons (Fsp3) is 1.00. The van der Waals surface area contributed by atoms with Gasteiger partial charge in [-0.05, 0) is 12.8 Å². The summed E-state index contributed by atoms with van der Waals surface area (Å²) in [6.45, 7) is 0. The van der Waals surface area contributed by atoms with Crippen LogP contribution in [0.3, 0.4) is 0 Å². The van der Waals surface area contributed by atoms with Crippen LogP contribution in [-0.2, 0) is 0 Å². The fourth-order valence-corrected chi connectivity index (χ4v) is 1.66. The van der Waals surface area contributed by atoms with E-state index < -0.39 is 0 Å². The molecule has 0 amide bonds. The molecule has 0 aromatic heterocycles. The second-order valence-corrected chi connectivity index (χ2v) is 3.46. The van der Waals surface area contributed by atoms with Crippen LogP contribution < -0.4 is 5.73 Å². The van der Waals surface area contributed by atoms with Crippen LogP contribution in [0.25, 0.3) is 0 Å². The summed E-state index contributed by atoms with van der Waals surface area (Å²) >= 11 is 0. The molecule has 13 heavy (non-hydrogen) atoms. The molecule has 1 aliphatic carbocycles. The van der Waals surface area contributed by atoms with Gasteiger partial charge in [-0.3, -0.25) is 0 Å². The van der Waals surface area contributed by atoms with Crippen molar-refractivity contribution in [2.45, 2.75) is 72.3 Å². The lowest BCUT2D eigenvalue weighted by Gasteiger charge is -2.07. The van der Waals surface area contributed by atoms with E-state index >= 15 is 0 Å². The summed E-state index contributed by atoms with van der Waals surface area (Å²) in [6, 6.07) is 0.512. The first-order valence-electron chi connectivity index (χ1n) is 4.65. The Balaban J connectivity index is -0.000000333. The number of nitrogens with two attached hydrogens (primary N) is 1. The predicted molar refractivity (Wildman–Crippen MR) is 65.6 cm³/mol. The SMILES string of the molecule is C.C.Cl.NC1CCCCCCCC1. The molecule has 0 aromatic rings. The van der Waals surface area contributed by atoms with Crippen LogP contribution in [0.2, 0.25) is 0 Å². The third-order valence-electron chi connectivity index (χ3n) is 2.40. The van der Waals surface area contributed by atoms with Crippen LogP contribution in [0.1, 0.15) is 66.2 Å². The normalized spacial score (nSPS) is 19.2. The Bertz CT molecular complexity index is 76.2. The molecule has 84 valence electrons. The van der Waals surface area contributed by atoms with Gasteiger partial charge in [0.2, 0.25) is 0 Å². The van der Waals surface area contributed by atoms with E-state index in [0.717, 1.165) is 0 Å². The van der Waals surface area contributed by atoms with Gasteiger partial charge in [-0.2, -0.15) is 0 Å². The van der Waals surface area contributed by atoms with E-state index in [1.807, 2.05) is 0 Å². The molecular weight excluding hydrogens is 182 g/mol. The average Bonchev–Trinajstić information content (AvgIpc) is 2.02. The standard InChI is InChI=1S/C9H19N.2CH4.ClH/c10-9-7-5-3-1-2-4-6-8-9;;;/h9H,1-8,10H2;2*1H4;1H. The van der Waals surface area contributed by atoms with Crippen molar-refractivity contribution in [3.63, 3.8) is 0 Å². The minimum atomic E-state index is 0. The highest BCUT2D eigenvalue weighted by Crippen LogP contribution is 2.15. The first kappa shape index (κ1) is 18.9. The third-order valence-corrected chi connectivity index (χ3v) is 2.40. The van der Waals surface area contributed by atoms with E-state index in [2.05, 4.69) is 0 Å². The molecule has 0 unspecified atom stereocenters. The van der Waals surface area contributed by atoms with Gasteiger partial charge >= 0.3 is 0 Å². The van der Waals surface area contributed by atoms with Crippen LogP contribution in [0.4, 0.5) is 0 Å². The van der Waals surface area contributed by atoms with Crippen molar-refractivity contribution < 1.29 is 0 Å². The van der Waals surface area contributed by atoms with Gasteiger partial charge < -0.3 is 5.73 Å². The number of hydrogen-bond donors (Lipinski definition) is 1. The second kappa shape index (κ2) is 12.2. The molecule has 1 nitrogen and oxygen atoms in total. The van der Waals surface area contributed by atoms with Crippen molar-refractivity contribution in [1.29, 1.82) is 0 Å². The molecule has 2 N–H and O–H groups in total. The number of hydrogen-bond acceptors (Lipinski definition) is 1. The zero-order valence-electron chi connectivity index (χ0n) is 7.22. The smallest absolute Gasteiger partial charge is 0.00388 e. The summed E-state index contributed by atoms with van der Waals surface area (Å²) < 4.78 is 0. The van der Waals surface area contributed by atoms with Crippen molar-refractivity contribution in [1.82, 2.24) is 0 Å². The van der Waals surface area contributed by atoms with E-state index in [4.69, 9.17) is 5.73 Å². The summed E-state index contributed by atoms with van der Waals surface area (Å²) in [5.41, 5.74) is 5.87. The highest BCUT2D eigenvalue weighted by atomic mass is 35.5.